The van der Waals surface area contributed by atoms with E-state index in [0.717, 1.165) is 12.1 Å². The standard InChI is InChI=1S/C12H13F2N3/c1-15-12(11-5-6-17(2)16-11)9-7-8(13)3-4-10(9)14/h3-7,12,15H,1-2H3. The maximum Gasteiger partial charge on any atom is 0.128 e. The number of nitrogens with one attached hydrogen (secondary N) is 1. The second-order valence-corrected chi connectivity index (χ2v) is 3.80. The largest absolute Gasteiger partial charge is 0.308 e. The van der Waals surface area contributed by atoms with Crippen LogP contribution in [0.25, 0.3) is 0 Å². The summed E-state index contributed by atoms with van der Waals surface area (Å²) in [7, 11) is 3.46. The molecule has 17 heavy (non-hydrogen) atoms. The van der Waals surface area contributed by atoms with Gasteiger partial charge in [0, 0.05) is 18.8 Å². The molecule has 90 valence electrons. The molecule has 1 unspecified atom stereocenters. The van der Waals surface area contributed by atoms with Gasteiger partial charge in [-0.2, -0.15) is 5.10 Å². The van der Waals surface area contributed by atoms with Crippen LogP contribution < -0.4 is 5.32 Å². The first-order chi connectivity index (χ1) is 8.11. The first-order valence-electron chi connectivity index (χ1n) is 5.23. The molecule has 0 aliphatic rings. The van der Waals surface area contributed by atoms with Gasteiger partial charge in [0.15, 0.2) is 0 Å². The van der Waals surface area contributed by atoms with E-state index in [1.807, 2.05) is 0 Å². The molecular weight excluding hydrogens is 224 g/mol. The van der Waals surface area contributed by atoms with E-state index in [2.05, 4.69) is 10.4 Å². The topological polar surface area (TPSA) is 29.9 Å². The summed E-state index contributed by atoms with van der Waals surface area (Å²) in [5, 5.41) is 7.13. The number of hydrogen-bond acceptors (Lipinski definition) is 2. The lowest BCUT2D eigenvalue weighted by molar-refractivity contribution is 0.550. The van der Waals surface area contributed by atoms with Gasteiger partial charge in [0.2, 0.25) is 0 Å². The Kier molecular flexibility index (Phi) is 3.19. The molecule has 5 heteroatoms. The third-order valence-electron chi connectivity index (χ3n) is 2.59. The van der Waals surface area contributed by atoms with Gasteiger partial charge in [-0.15, -0.1) is 0 Å². The van der Waals surface area contributed by atoms with Crippen LogP contribution in [0.1, 0.15) is 17.3 Å². The Morgan fingerprint density at radius 2 is 2.06 bits per heavy atom. The van der Waals surface area contributed by atoms with Crippen LogP contribution in [0.15, 0.2) is 30.5 Å². The molecule has 0 radical (unpaired) electrons. The van der Waals surface area contributed by atoms with Crippen molar-refractivity contribution < 1.29 is 8.78 Å². The van der Waals surface area contributed by atoms with Crippen molar-refractivity contribution in [1.29, 1.82) is 0 Å². The summed E-state index contributed by atoms with van der Waals surface area (Å²) < 4.78 is 28.4. The van der Waals surface area contributed by atoms with Gasteiger partial charge in [0.05, 0.1) is 11.7 Å². The van der Waals surface area contributed by atoms with E-state index >= 15 is 0 Å². The molecule has 0 amide bonds. The Balaban J connectivity index is 2.45. The maximum absolute atomic E-state index is 13.7. The number of halogens is 2. The van der Waals surface area contributed by atoms with Crippen LogP contribution in [0.4, 0.5) is 8.78 Å². The lowest BCUT2D eigenvalue weighted by atomic mass is 10.0. The van der Waals surface area contributed by atoms with Crippen molar-refractivity contribution >= 4 is 0 Å². The van der Waals surface area contributed by atoms with E-state index < -0.39 is 17.7 Å². The third kappa shape index (κ3) is 2.34. The van der Waals surface area contributed by atoms with E-state index in [-0.39, 0.29) is 5.56 Å². The molecule has 0 aliphatic carbocycles. The Hall–Kier alpha value is -1.75. The second-order valence-electron chi connectivity index (χ2n) is 3.80. The van der Waals surface area contributed by atoms with Crippen LogP contribution in [0.2, 0.25) is 0 Å². The molecule has 0 spiro atoms. The average Bonchev–Trinajstić information content (AvgIpc) is 2.71. The minimum Gasteiger partial charge on any atom is -0.308 e. The predicted molar refractivity (Wildman–Crippen MR) is 60.5 cm³/mol. The van der Waals surface area contributed by atoms with Gasteiger partial charge in [-0.05, 0) is 31.3 Å². The number of aryl methyl sites for hydroxylation is 1. The zero-order valence-electron chi connectivity index (χ0n) is 9.61. The van der Waals surface area contributed by atoms with Crippen molar-refractivity contribution in [2.24, 2.45) is 7.05 Å². The molecule has 0 saturated heterocycles. The molecule has 1 heterocycles. The maximum atomic E-state index is 13.7. The second kappa shape index (κ2) is 4.63. The van der Waals surface area contributed by atoms with Crippen molar-refractivity contribution in [1.82, 2.24) is 15.1 Å². The summed E-state index contributed by atoms with van der Waals surface area (Å²) in [5.74, 6) is -0.908. The number of benzene rings is 1. The first-order valence-corrected chi connectivity index (χ1v) is 5.23. The molecule has 0 bridgehead atoms. The number of nitrogens with zero attached hydrogens (tertiary/aromatic N) is 2. The fourth-order valence-electron chi connectivity index (χ4n) is 1.79. The smallest absolute Gasteiger partial charge is 0.128 e. The fraction of sp³-hybridized carbons (Fsp3) is 0.250. The van der Waals surface area contributed by atoms with Gasteiger partial charge in [0.1, 0.15) is 11.6 Å². The third-order valence-corrected chi connectivity index (χ3v) is 2.59. The average molecular weight is 237 g/mol. The van der Waals surface area contributed by atoms with E-state index in [0.29, 0.717) is 5.69 Å². The molecule has 1 N–H and O–H groups in total. The van der Waals surface area contributed by atoms with E-state index in [1.54, 1.807) is 31.0 Å². The Bertz CT molecular complexity index is 522. The summed E-state index contributed by atoms with van der Waals surface area (Å²) in [6.45, 7) is 0. The van der Waals surface area contributed by atoms with Gasteiger partial charge in [-0.25, -0.2) is 8.78 Å². The highest BCUT2D eigenvalue weighted by Crippen LogP contribution is 2.23. The van der Waals surface area contributed by atoms with Gasteiger partial charge in [-0.1, -0.05) is 0 Å². The Morgan fingerprint density at radius 3 is 2.65 bits per heavy atom. The van der Waals surface area contributed by atoms with Crippen LogP contribution in [-0.4, -0.2) is 16.8 Å². The van der Waals surface area contributed by atoms with Crippen molar-refractivity contribution in [3.8, 4) is 0 Å². The highest BCUT2D eigenvalue weighted by atomic mass is 19.1. The fourth-order valence-corrected chi connectivity index (χ4v) is 1.79. The Labute approximate surface area is 98.1 Å². The number of aromatic nitrogens is 2. The molecule has 0 saturated carbocycles. The quantitative estimate of drug-likeness (QED) is 0.885. The van der Waals surface area contributed by atoms with Gasteiger partial charge >= 0.3 is 0 Å². The first kappa shape index (κ1) is 11.7. The monoisotopic (exact) mass is 237 g/mol. The zero-order valence-corrected chi connectivity index (χ0v) is 9.61. The SMILES string of the molecule is CNC(c1ccn(C)n1)c1cc(F)ccc1F. The van der Waals surface area contributed by atoms with Gasteiger partial charge < -0.3 is 5.32 Å². The molecule has 1 atom stereocenters. The van der Waals surface area contributed by atoms with Crippen molar-refractivity contribution in [3.63, 3.8) is 0 Å². The van der Waals surface area contributed by atoms with Gasteiger partial charge in [-0.3, -0.25) is 4.68 Å². The summed E-state index contributed by atoms with van der Waals surface area (Å²) in [5.41, 5.74) is 0.908. The highest BCUT2D eigenvalue weighted by Gasteiger charge is 2.18. The molecule has 2 rings (SSSR count). The van der Waals surface area contributed by atoms with Crippen molar-refractivity contribution in [3.05, 3.63) is 53.4 Å². The summed E-state index contributed by atoms with van der Waals surface area (Å²) >= 11 is 0. The lowest BCUT2D eigenvalue weighted by Crippen LogP contribution is -2.20. The van der Waals surface area contributed by atoms with Crippen LogP contribution in [0.5, 0.6) is 0 Å². The van der Waals surface area contributed by atoms with Crippen LogP contribution in [0.3, 0.4) is 0 Å². The number of rotatable bonds is 3. The van der Waals surface area contributed by atoms with Crippen LogP contribution in [0, 0.1) is 11.6 Å². The zero-order chi connectivity index (χ0) is 12.4. The minimum atomic E-state index is -0.461. The Morgan fingerprint density at radius 1 is 1.29 bits per heavy atom. The minimum absolute atomic E-state index is 0.256. The van der Waals surface area contributed by atoms with E-state index in [1.165, 1.54) is 6.07 Å². The van der Waals surface area contributed by atoms with E-state index in [4.69, 9.17) is 0 Å². The molecule has 2 aromatic rings. The molecule has 1 aromatic heterocycles. The molecule has 0 fully saturated rings. The van der Waals surface area contributed by atoms with Crippen LogP contribution in [-0.2, 0) is 7.05 Å². The lowest BCUT2D eigenvalue weighted by Gasteiger charge is -2.15. The van der Waals surface area contributed by atoms with Gasteiger partial charge in [0.25, 0.3) is 0 Å². The van der Waals surface area contributed by atoms with E-state index in [9.17, 15) is 8.78 Å². The van der Waals surface area contributed by atoms with Crippen molar-refractivity contribution in [2.75, 3.05) is 7.05 Å². The predicted octanol–water partition coefficient (Wildman–Crippen LogP) is 2.01. The van der Waals surface area contributed by atoms with Crippen molar-refractivity contribution in [2.45, 2.75) is 6.04 Å². The normalized spacial score (nSPS) is 12.7. The number of hydrogen-bond donors (Lipinski definition) is 1. The summed E-state index contributed by atoms with van der Waals surface area (Å²) in [4.78, 5) is 0. The molecular formula is C12H13F2N3. The summed E-state index contributed by atoms with van der Waals surface area (Å²) in [6, 6.07) is 4.73. The summed E-state index contributed by atoms with van der Waals surface area (Å²) in [6.07, 6.45) is 1.76. The highest BCUT2D eigenvalue weighted by molar-refractivity contribution is 5.29. The molecule has 3 nitrogen and oxygen atoms in total. The molecule has 0 aliphatic heterocycles. The van der Waals surface area contributed by atoms with Crippen LogP contribution >= 0.6 is 0 Å². The molecule has 1 aromatic carbocycles.